The normalized spacial score (nSPS) is 22.6. The highest BCUT2D eigenvalue weighted by molar-refractivity contribution is 6.03. The summed E-state index contributed by atoms with van der Waals surface area (Å²) in [6.07, 6.45) is 4.35. The minimum Gasteiger partial charge on any atom is -0.350 e. The fourth-order valence-corrected chi connectivity index (χ4v) is 4.85. The first-order chi connectivity index (χ1) is 17.2. The molecule has 1 aromatic carbocycles. The first kappa shape index (κ1) is 27.3. The van der Waals surface area contributed by atoms with Crippen LogP contribution in [0.3, 0.4) is 0 Å². The molecule has 2 heterocycles. The Morgan fingerprint density at radius 3 is 2.56 bits per heavy atom. The van der Waals surface area contributed by atoms with E-state index < -0.39 is 18.1 Å². The van der Waals surface area contributed by atoms with Gasteiger partial charge in [-0.2, -0.15) is 0 Å². The molecular formula is C26H37N5O5. The van der Waals surface area contributed by atoms with E-state index in [2.05, 4.69) is 21.3 Å². The number of ketones is 1. The molecule has 0 saturated carbocycles. The lowest BCUT2D eigenvalue weighted by molar-refractivity contribution is -0.144. The predicted molar refractivity (Wildman–Crippen MR) is 135 cm³/mol. The van der Waals surface area contributed by atoms with Crippen molar-refractivity contribution in [3.8, 4) is 0 Å². The van der Waals surface area contributed by atoms with Crippen LogP contribution in [0, 0.1) is 0 Å². The molecular weight excluding hydrogens is 462 g/mol. The van der Waals surface area contributed by atoms with Crippen molar-refractivity contribution < 1.29 is 24.0 Å². The smallest absolute Gasteiger partial charge is 0.246 e. The first-order valence-corrected chi connectivity index (χ1v) is 12.6. The average molecular weight is 500 g/mol. The number of amides is 4. The number of Topliss-reactive ketones (excluding diaryl/α,β-unsaturated/α-hetero) is 1. The summed E-state index contributed by atoms with van der Waals surface area (Å²) < 4.78 is 0. The number of nitrogens with one attached hydrogen (secondary N) is 4. The molecule has 2 aliphatic rings. The van der Waals surface area contributed by atoms with Gasteiger partial charge in [0.05, 0.1) is 12.5 Å². The highest BCUT2D eigenvalue weighted by Gasteiger charge is 2.43. The van der Waals surface area contributed by atoms with Crippen LogP contribution in [-0.4, -0.2) is 65.5 Å². The number of fused-ring (bicyclic) bond motifs is 1. The number of hydrogen-bond acceptors (Lipinski definition) is 6. The lowest BCUT2D eigenvalue weighted by Crippen LogP contribution is -2.57. The van der Waals surface area contributed by atoms with Crippen molar-refractivity contribution in [3.63, 3.8) is 0 Å². The van der Waals surface area contributed by atoms with Gasteiger partial charge in [0.15, 0.2) is 0 Å². The van der Waals surface area contributed by atoms with Gasteiger partial charge in [-0.3, -0.25) is 24.0 Å². The number of carbonyl (C=O) groups excluding carboxylic acids is 5. The molecule has 0 aliphatic carbocycles. The molecule has 3 rings (SSSR count). The molecule has 1 aromatic rings. The average Bonchev–Trinajstić information content (AvgIpc) is 3.25. The Morgan fingerprint density at radius 1 is 1.08 bits per heavy atom. The van der Waals surface area contributed by atoms with Crippen molar-refractivity contribution >= 4 is 35.1 Å². The van der Waals surface area contributed by atoms with Gasteiger partial charge in [0.25, 0.3) is 0 Å². The van der Waals surface area contributed by atoms with Crippen LogP contribution in [0.25, 0.3) is 0 Å². The Balaban J connectivity index is 1.64. The van der Waals surface area contributed by atoms with Crippen molar-refractivity contribution in [2.45, 2.75) is 89.5 Å². The van der Waals surface area contributed by atoms with Crippen LogP contribution in [0.15, 0.2) is 24.3 Å². The fraction of sp³-hybridized carbons (Fsp3) is 0.577. The minimum atomic E-state index is -0.639. The summed E-state index contributed by atoms with van der Waals surface area (Å²) in [5.74, 6) is -1.26. The molecule has 0 aromatic heterocycles. The molecule has 1 unspecified atom stereocenters. The first-order valence-electron chi connectivity index (χ1n) is 12.6. The van der Waals surface area contributed by atoms with Gasteiger partial charge in [0, 0.05) is 18.3 Å². The Hall–Kier alpha value is -3.27. The summed E-state index contributed by atoms with van der Waals surface area (Å²) in [6.45, 7) is 3.33. The van der Waals surface area contributed by atoms with E-state index in [1.165, 1.54) is 6.92 Å². The number of carbonyl (C=O) groups is 5. The van der Waals surface area contributed by atoms with Crippen LogP contribution in [0.2, 0.25) is 0 Å². The third kappa shape index (κ3) is 7.13. The highest BCUT2D eigenvalue weighted by atomic mass is 16.2. The lowest BCUT2D eigenvalue weighted by atomic mass is 9.98. The topological polar surface area (TPSA) is 137 Å². The summed E-state index contributed by atoms with van der Waals surface area (Å²) in [5, 5.41) is 11.4. The van der Waals surface area contributed by atoms with Crippen LogP contribution in [0.4, 0.5) is 5.69 Å². The van der Waals surface area contributed by atoms with Crippen LogP contribution < -0.4 is 21.3 Å². The molecule has 0 radical (unpaired) electrons. The quantitative estimate of drug-likeness (QED) is 0.378. The molecule has 4 atom stereocenters. The van der Waals surface area contributed by atoms with Gasteiger partial charge < -0.3 is 26.2 Å². The third-order valence-corrected chi connectivity index (χ3v) is 6.87. The molecule has 4 N–H and O–H groups in total. The van der Waals surface area contributed by atoms with Gasteiger partial charge >= 0.3 is 0 Å². The summed E-state index contributed by atoms with van der Waals surface area (Å²) in [4.78, 5) is 63.8. The molecule has 2 saturated heterocycles. The van der Waals surface area contributed by atoms with Gasteiger partial charge in [-0.05, 0) is 64.3 Å². The van der Waals surface area contributed by atoms with Gasteiger partial charge in [-0.25, -0.2) is 0 Å². The minimum absolute atomic E-state index is 0.00510. The van der Waals surface area contributed by atoms with Crippen LogP contribution in [0.5, 0.6) is 0 Å². The summed E-state index contributed by atoms with van der Waals surface area (Å²) in [6, 6.07) is 5.40. The van der Waals surface area contributed by atoms with Crippen molar-refractivity contribution in [2.75, 3.05) is 12.4 Å². The van der Waals surface area contributed by atoms with Gasteiger partial charge in [0.1, 0.15) is 17.9 Å². The molecule has 196 valence electrons. The number of benzene rings is 1. The van der Waals surface area contributed by atoms with Gasteiger partial charge in [0.2, 0.25) is 23.6 Å². The standard InChI is InChI=1S/C26H37N5O5/c1-16(32)13-23(33)29-19-8-6-7-18(14-19)15-28-25(35)22-12-11-20-9-4-5-10-21(26(36)31(20)22)30-24(34)17(2)27-3/h6-8,14,17,20-22,27H,4-5,9-13,15H2,1-3H3,(H,28,35)(H,29,33)(H,30,34)/t17?,20-,21-,22-/m0/s1. The van der Waals surface area contributed by atoms with Crippen molar-refractivity contribution in [3.05, 3.63) is 29.8 Å². The van der Waals surface area contributed by atoms with E-state index in [-0.39, 0.29) is 48.4 Å². The number of nitrogens with zero attached hydrogens (tertiary/aromatic N) is 1. The number of anilines is 1. The second kappa shape index (κ2) is 12.6. The molecule has 36 heavy (non-hydrogen) atoms. The van der Waals surface area contributed by atoms with Crippen molar-refractivity contribution in [2.24, 2.45) is 0 Å². The van der Waals surface area contributed by atoms with Crippen molar-refractivity contribution in [1.82, 2.24) is 20.9 Å². The maximum atomic E-state index is 13.5. The zero-order valence-electron chi connectivity index (χ0n) is 21.3. The molecule has 2 aliphatic heterocycles. The Kier molecular flexibility index (Phi) is 9.58. The molecule has 10 heteroatoms. The zero-order valence-corrected chi connectivity index (χ0v) is 21.3. The molecule has 4 amide bonds. The van der Waals surface area contributed by atoms with E-state index in [0.717, 1.165) is 31.2 Å². The maximum absolute atomic E-state index is 13.5. The fourth-order valence-electron chi connectivity index (χ4n) is 4.85. The zero-order chi connectivity index (χ0) is 26.2. The van der Waals surface area contributed by atoms with E-state index in [1.54, 1.807) is 37.1 Å². The molecule has 0 bridgehead atoms. The molecule has 0 spiro atoms. The van der Waals surface area contributed by atoms with E-state index in [1.807, 2.05) is 6.07 Å². The van der Waals surface area contributed by atoms with Crippen LogP contribution >= 0.6 is 0 Å². The van der Waals surface area contributed by atoms with Gasteiger partial charge in [-0.15, -0.1) is 0 Å². The predicted octanol–water partition coefficient (Wildman–Crippen LogP) is 1.25. The summed E-state index contributed by atoms with van der Waals surface area (Å²) in [7, 11) is 1.69. The Morgan fingerprint density at radius 2 is 1.83 bits per heavy atom. The molecule has 10 nitrogen and oxygen atoms in total. The number of rotatable bonds is 9. The summed E-state index contributed by atoms with van der Waals surface area (Å²) >= 11 is 0. The third-order valence-electron chi connectivity index (χ3n) is 6.87. The summed E-state index contributed by atoms with van der Waals surface area (Å²) in [5.41, 5.74) is 1.32. The van der Waals surface area contributed by atoms with Gasteiger partial charge in [-0.1, -0.05) is 25.0 Å². The van der Waals surface area contributed by atoms with Crippen LogP contribution in [-0.2, 0) is 30.5 Å². The SMILES string of the molecule is CNC(C)C(=O)N[C@H]1CCCC[C@H]2CC[C@@H](C(=O)NCc3cccc(NC(=O)CC(C)=O)c3)N2C1=O. The van der Waals surface area contributed by atoms with E-state index >= 15 is 0 Å². The lowest BCUT2D eigenvalue weighted by Gasteiger charge is -2.35. The van der Waals surface area contributed by atoms with E-state index in [0.29, 0.717) is 18.5 Å². The van der Waals surface area contributed by atoms with E-state index in [9.17, 15) is 24.0 Å². The number of likely N-dealkylation sites (N-methyl/N-ethyl adjacent to an activating group) is 1. The van der Waals surface area contributed by atoms with Crippen LogP contribution in [0.1, 0.15) is 64.4 Å². The number of hydrogen-bond donors (Lipinski definition) is 4. The Labute approximate surface area is 211 Å². The van der Waals surface area contributed by atoms with Crippen molar-refractivity contribution in [1.29, 1.82) is 0 Å². The molecule has 2 fully saturated rings. The monoisotopic (exact) mass is 499 g/mol. The van der Waals surface area contributed by atoms with E-state index in [4.69, 9.17) is 0 Å². The Bertz CT molecular complexity index is 997. The second-order valence-corrected chi connectivity index (χ2v) is 9.69. The second-order valence-electron chi connectivity index (χ2n) is 9.69. The highest BCUT2D eigenvalue weighted by Crippen LogP contribution is 2.31. The maximum Gasteiger partial charge on any atom is 0.246 e. The largest absolute Gasteiger partial charge is 0.350 e.